The number of ether oxygens (including phenoxy) is 3. The molecule has 40 heavy (non-hydrogen) atoms. The number of nitrogens with one attached hydrogen (secondary N) is 2. The summed E-state index contributed by atoms with van der Waals surface area (Å²) in [7, 11) is 1.52. The van der Waals surface area contributed by atoms with Gasteiger partial charge < -0.3 is 34.2 Å². The predicted octanol–water partition coefficient (Wildman–Crippen LogP) is 2.41. The normalized spacial score (nSPS) is 20.0. The highest BCUT2D eigenvalue weighted by Crippen LogP contribution is 2.29. The molecule has 0 aliphatic carbocycles. The molecule has 1 aromatic heterocycles. The molecular weight excluding hydrogens is 516 g/mol. The van der Waals surface area contributed by atoms with Crippen molar-refractivity contribution < 1.29 is 33.0 Å². The van der Waals surface area contributed by atoms with Crippen molar-refractivity contribution in [1.29, 1.82) is 0 Å². The van der Waals surface area contributed by atoms with Crippen LogP contribution in [0, 0.1) is 6.92 Å². The van der Waals surface area contributed by atoms with E-state index < -0.39 is 12.1 Å². The molecule has 4 bridgehead atoms. The summed E-state index contributed by atoms with van der Waals surface area (Å²) in [6.07, 6.45) is 2.19. The number of hydrogen-bond donors (Lipinski definition) is 2. The number of aromatic nitrogens is 1. The van der Waals surface area contributed by atoms with Crippen molar-refractivity contribution in [1.82, 2.24) is 20.5 Å². The zero-order chi connectivity index (χ0) is 28.1. The van der Waals surface area contributed by atoms with Crippen molar-refractivity contribution in [2.45, 2.75) is 44.9 Å². The summed E-state index contributed by atoms with van der Waals surface area (Å²) >= 11 is 0. The van der Waals surface area contributed by atoms with Crippen LogP contribution in [0.4, 0.5) is 0 Å². The fraction of sp³-hybridized carbons (Fsp3) is 0.379. The standard InChI is InChI=1S/C29H32N4O7/c1-18-28(39-17-31-18)29(36)33-12-11-23-22(15-33)32-27(35)16-38-24-9-5-19(13-25(24)37-2)6-10-26(34)30-14-20-3-7-21(40-23)8-4-20/h3-5,7-9,13,17,22-23H,6,10-12,14-16H2,1-2H3,(H,30,34)(H,32,35)/t22-,23-/m1/s1. The Morgan fingerprint density at radius 2 is 1.88 bits per heavy atom. The third-order valence-corrected chi connectivity index (χ3v) is 7.05. The number of piperidine rings is 1. The molecular formula is C29H32N4O7. The number of rotatable bonds is 2. The number of aryl methyl sites for hydroxylation is 2. The molecule has 8 rings (SSSR count). The van der Waals surface area contributed by atoms with Gasteiger partial charge in [0.25, 0.3) is 11.8 Å². The maximum Gasteiger partial charge on any atom is 0.291 e. The molecule has 11 nitrogen and oxygen atoms in total. The van der Waals surface area contributed by atoms with Gasteiger partial charge in [-0.1, -0.05) is 18.2 Å². The molecule has 11 heteroatoms. The maximum absolute atomic E-state index is 13.1. The van der Waals surface area contributed by atoms with Gasteiger partial charge in [0, 0.05) is 32.5 Å². The van der Waals surface area contributed by atoms with Crippen LogP contribution in [0.2, 0.25) is 0 Å². The first-order valence-corrected chi connectivity index (χ1v) is 13.2. The molecule has 2 atom stereocenters. The lowest BCUT2D eigenvalue weighted by Gasteiger charge is -2.38. The summed E-state index contributed by atoms with van der Waals surface area (Å²) in [6.45, 7) is 2.49. The summed E-state index contributed by atoms with van der Waals surface area (Å²) in [5.74, 6) is 0.971. The molecule has 5 aliphatic heterocycles. The second-order valence-corrected chi connectivity index (χ2v) is 9.83. The highest BCUT2D eigenvalue weighted by atomic mass is 16.5. The molecule has 2 N–H and O–H groups in total. The van der Waals surface area contributed by atoms with E-state index in [-0.39, 0.29) is 36.6 Å². The number of nitrogens with zero attached hydrogens (tertiary/aromatic N) is 2. The number of carbonyl (C=O) groups excluding carboxylic acids is 3. The number of oxazole rings is 1. The number of benzene rings is 2. The van der Waals surface area contributed by atoms with Gasteiger partial charge in [0.15, 0.2) is 24.5 Å². The molecule has 0 unspecified atom stereocenters. The van der Waals surface area contributed by atoms with Crippen molar-refractivity contribution in [3.05, 3.63) is 71.4 Å². The first-order valence-electron chi connectivity index (χ1n) is 13.2. The van der Waals surface area contributed by atoms with E-state index in [1.807, 2.05) is 30.3 Å². The lowest BCUT2D eigenvalue weighted by atomic mass is 10.0. The van der Waals surface area contributed by atoms with Crippen LogP contribution in [0.15, 0.2) is 53.3 Å². The Morgan fingerprint density at radius 3 is 2.62 bits per heavy atom. The first-order chi connectivity index (χ1) is 19.4. The second kappa shape index (κ2) is 12.1. The quantitative estimate of drug-likeness (QED) is 0.499. The van der Waals surface area contributed by atoms with Crippen molar-refractivity contribution in [2.24, 2.45) is 0 Å². The second-order valence-electron chi connectivity index (χ2n) is 9.83. The number of methoxy groups -OCH3 is 1. The largest absolute Gasteiger partial charge is 0.493 e. The maximum atomic E-state index is 13.1. The summed E-state index contributed by atoms with van der Waals surface area (Å²) in [5, 5.41) is 5.94. The lowest BCUT2D eigenvalue weighted by Crippen LogP contribution is -2.58. The average Bonchev–Trinajstić information content (AvgIpc) is 3.40. The summed E-state index contributed by atoms with van der Waals surface area (Å²) < 4.78 is 22.8. The van der Waals surface area contributed by atoms with Crippen molar-refractivity contribution in [3.8, 4) is 17.2 Å². The number of carbonyl (C=O) groups is 3. The molecule has 1 saturated heterocycles. The fourth-order valence-corrected chi connectivity index (χ4v) is 4.83. The topological polar surface area (TPSA) is 132 Å². The first kappa shape index (κ1) is 27.0. The molecule has 0 saturated carbocycles. The zero-order valence-corrected chi connectivity index (χ0v) is 22.5. The molecule has 6 heterocycles. The summed E-state index contributed by atoms with van der Waals surface area (Å²) in [5.41, 5.74) is 2.36. The van der Waals surface area contributed by atoms with E-state index in [1.165, 1.54) is 13.5 Å². The Bertz CT molecular complexity index is 1370. The lowest BCUT2D eigenvalue weighted by molar-refractivity contribution is -0.125. The smallest absolute Gasteiger partial charge is 0.291 e. The van der Waals surface area contributed by atoms with Crippen LogP contribution in [0.3, 0.4) is 0 Å². The van der Waals surface area contributed by atoms with Crippen LogP contribution in [0.25, 0.3) is 0 Å². The fourth-order valence-electron chi connectivity index (χ4n) is 4.83. The van der Waals surface area contributed by atoms with Gasteiger partial charge in [-0.05, 0) is 48.7 Å². The summed E-state index contributed by atoms with van der Waals surface area (Å²) in [6, 6.07) is 12.3. The third-order valence-electron chi connectivity index (χ3n) is 7.05. The van der Waals surface area contributed by atoms with E-state index in [0.29, 0.717) is 55.3 Å². The number of likely N-dealkylation sites (tertiary alicyclic amines) is 1. The predicted molar refractivity (Wildman–Crippen MR) is 143 cm³/mol. The Morgan fingerprint density at radius 1 is 1.07 bits per heavy atom. The highest BCUT2D eigenvalue weighted by molar-refractivity contribution is 5.92. The molecule has 3 aromatic rings. The van der Waals surface area contributed by atoms with E-state index in [9.17, 15) is 14.4 Å². The van der Waals surface area contributed by atoms with Gasteiger partial charge in [0.2, 0.25) is 11.7 Å². The Hall–Kier alpha value is -4.54. The van der Waals surface area contributed by atoms with Crippen LogP contribution in [0.1, 0.15) is 40.2 Å². The van der Waals surface area contributed by atoms with Gasteiger partial charge in [-0.25, -0.2) is 4.98 Å². The van der Waals surface area contributed by atoms with Gasteiger partial charge in [-0.3, -0.25) is 14.4 Å². The molecule has 5 aliphatic rings. The highest BCUT2D eigenvalue weighted by Gasteiger charge is 2.36. The minimum absolute atomic E-state index is 0.0598. The molecule has 3 amide bonds. The summed E-state index contributed by atoms with van der Waals surface area (Å²) in [4.78, 5) is 44.2. The average molecular weight is 549 g/mol. The van der Waals surface area contributed by atoms with Crippen molar-refractivity contribution >= 4 is 17.7 Å². The van der Waals surface area contributed by atoms with Crippen LogP contribution < -0.4 is 24.8 Å². The van der Waals surface area contributed by atoms with Crippen LogP contribution in [-0.2, 0) is 22.6 Å². The van der Waals surface area contributed by atoms with E-state index in [1.54, 1.807) is 24.0 Å². The van der Waals surface area contributed by atoms with Gasteiger partial charge in [-0.15, -0.1) is 0 Å². The van der Waals surface area contributed by atoms with E-state index in [0.717, 1.165) is 11.1 Å². The van der Waals surface area contributed by atoms with Gasteiger partial charge in [0.05, 0.1) is 18.8 Å². The molecule has 1 fully saturated rings. The van der Waals surface area contributed by atoms with Crippen LogP contribution in [0.5, 0.6) is 17.2 Å². The molecule has 210 valence electrons. The van der Waals surface area contributed by atoms with Crippen molar-refractivity contribution in [2.75, 3.05) is 26.8 Å². The molecule has 2 aromatic carbocycles. The van der Waals surface area contributed by atoms with E-state index in [2.05, 4.69) is 15.6 Å². The monoisotopic (exact) mass is 548 g/mol. The minimum Gasteiger partial charge on any atom is -0.493 e. The molecule has 0 spiro atoms. The van der Waals surface area contributed by atoms with E-state index >= 15 is 0 Å². The SMILES string of the molecule is COc1cc2ccc1OCC(=O)N[C@@H]1CN(C(=O)c3ocnc3C)CC[C@H]1Oc1ccc(cc1)CNC(=O)CC2. The number of amides is 3. The zero-order valence-electron chi connectivity index (χ0n) is 22.5. The van der Waals surface area contributed by atoms with Crippen LogP contribution in [-0.4, -0.2) is 66.6 Å². The molecule has 0 radical (unpaired) electrons. The Labute approximate surface area is 231 Å². The van der Waals surface area contributed by atoms with Crippen LogP contribution >= 0.6 is 0 Å². The minimum atomic E-state index is -0.508. The van der Waals surface area contributed by atoms with Gasteiger partial charge in [0.1, 0.15) is 11.9 Å². The van der Waals surface area contributed by atoms with Crippen molar-refractivity contribution in [3.63, 3.8) is 0 Å². The number of hydrogen-bond acceptors (Lipinski definition) is 8. The Balaban J connectivity index is 1.38. The van der Waals surface area contributed by atoms with Gasteiger partial charge in [-0.2, -0.15) is 0 Å². The van der Waals surface area contributed by atoms with E-state index in [4.69, 9.17) is 18.6 Å². The third kappa shape index (κ3) is 6.36. The van der Waals surface area contributed by atoms with Gasteiger partial charge >= 0.3 is 0 Å². The Kier molecular flexibility index (Phi) is 8.18.